The highest BCUT2D eigenvalue weighted by Gasteiger charge is 2.21. The van der Waals surface area contributed by atoms with Crippen molar-refractivity contribution < 1.29 is 19.1 Å². The number of nitrogens with one attached hydrogen (secondary N) is 1. The molecular weight excluding hydrogens is 584 g/mol. The molecule has 0 radical (unpaired) electrons. The van der Waals surface area contributed by atoms with E-state index in [0.717, 1.165) is 36.3 Å². The van der Waals surface area contributed by atoms with E-state index in [1.54, 1.807) is 48.7 Å². The number of carbonyl (C=O) groups excluding carboxylic acids is 3. The number of pyridine rings is 1. The summed E-state index contributed by atoms with van der Waals surface area (Å²) in [6, 6.07) is 17.8. The fourth-order valence-corrected chi connectivity index (χ4v) is 4.93. The summed E-state index contributed by atoms with van der Waals surface area (Å²) in [6.07, 6.45) is 7.54. The Labute approximate surface area is 268 Å². The topological polar surface area (TPSA) is 171 Å². The first-order valence-electron chi connectivity index (χ1n) is 15.6. The summed E-state index contributed by atoms with van der Waals surface area (Å²) >= 11 is 0. The van der Waals surface area contributed by atoms with Gasteiger partial charge in [-0.2, -0.15) is 4.99 Å². The molecule has 4 aromatic rings. The third kappa shape index (κ3) is 9.37. The summed E-state index contributed by atoms with van der Waals surface area (Å²) in [5.41, 5.74) is 14.8. The van der Waals surface area contributed by atoms with Gasteiger partial charge in [0.25, 0.3) is 5.91 Å². The van der Waals surface area contributed by atoms with E-state index in [2.05, 4.69) is 22.2 Å². The van der Waals surface area contributed by atoms with Crippen LogP contribution in [0.2, 0.25) is 0 Å². The number of primary amides is 1. The predicted octanol–water partition coefficient (Wildman–Crippen LogP) is 5.31. The van der Waals surface area contributed by atoms with Crippen molar-refractivity contribution in [2.24, 2.45) is 23.5 Å². The molecule has 0 bridgehead atoms. The van der Waals surface area contributed by atoms with E-state index >= 15 is 0 Å². The molecule has 2 aromatic carbocycles. The zero-order chi connectivity index (χ0) is 32.9. The van der Waals surface area contributed by atoms with E-state index < -0.39 is 12.0 Å². The lowest BCUT2D eigenvalue weighted by molar-refractivity contribution is -0.117. The molecule has 2 heterocycles. The van der Waals surface area contributed by atoms with Gasteiger partial charge in [0.15, 0.2) is 0 Å². The van der Waals surface area contributed by atoms with Crippen LogP contribution in [-0.4, -0.2) is 51.4 Å². The van der Waals surface area contributed by atoms with Crippen LogP contribution in [-0.2, 0) is 23.1 Å². The van der Waals surface area contributed by atoms with Gasteiger partial charge in [0.05, 0.1) is 24.2 Å². The first-order valence-corrected chi connectivity index (χ1v) is 15.6. The molecule has 4 rings (SSSR count). The minimum absolute atomic E-state index is 0.0101. The third-order valence-corrected chi connectivity index (χ3v) is 7.54. The van der Waals surface area contributed by atoms with Gasteiger partial charge in [-0.1, -0.05) is 45.1 Å². The number of hydrogen-bond acceptors (Lipinski definition) is 7. The van der Waals surface area contributed by atoms with Crippen molar-refractivity contribution in [1.82, 2.24) is 14.5 Å². The maximum Gasteiger partial charge on any atom is 0.435 e. The number of amidine groups is 1. The Morgan fingerprint density at radius 1 is 0.957 bits per heavy atom. The van der Waals surface area contributed by atoms with E-state index in [4.69, 9.17) is 21.2 Å². The highest BCUT2D eigenvalue weighted by Crippen LogP contribution is 2.21. The average Bonchev–Trinajstić information content (AvgIpc) is 3.38. The highest BCUT2D eigenvalue weighted by atomic mass is 16.5. The Kier molecular flexibility index (Phi) is 12.2. The Balaban J connectivity index is 1.36. The van der Waals surface area contributed by atoms with Crippen LogP contribution in [0.4, 0.5) is 16.3 Å². The number of rotatable bonds is 16. The summed E-state index contributed by atoms with van der Waals surface area (Å²) in [6.45, 7) is 3.05. The first kappa shape index (κ1) is 33.6. The number of aryl methyl sites for hydroxylation is 1. The van der Waals surface area contributed by atoms with Crippen molar-refractivity contribution in [2.75, 3.05) is 23.4 Å². The first-order chi connectivity index (χ1) is 22.3. The molecule has 12 nitrogen and oxygen atoms in total. The molecule has 46 heavy (non-hydrogen) atoms. The van der Waals surface area contributed by atoms with Crippen LogP contribution >= 0.6 is 0 Å². The number of fused-ring (bicyclic) bond motifs is 1. The molecule has 0 saturated carbocycles. The number of amides is 3. The second-order valence-corrected chi connectivity index (χ2v) is 11.0. The number of aromatic nitrogens is 3. The van der Waals surface area contributed by atoms with Crippen molar-refractivity contribution >= 4 is 46.3 Å². The minimum atomic E-state index is -0.685. The Morgan fingerprint density at radius 2 is 1.70 bits per heavy atom. The molecule has 5 N–H and O–H groups in total. The van der Waals surface area contributed by atoms with Crippen LogP contribution in [0.1, 0.15) is 73.6 Å². The van der Waals surface area contributed by atoms with Gasteiger partial charge in [0, 0.05) is 43.0 Å². The van der Waals surface area contributed by atoms with E-state index in [1.807, 2.05) is 29.8 Å². The number of hydrogen-bond donors (Lipinski definition) is 3. The van der Waals surface area contributed by atoms with Crippen molar-refractivity contribution in [3.63, 3.8) is 0 Å². The molecule has 3 amide bonds. The molecule has 0 aliphatic carbocycles. The minimum Gasteiger partial charge on any atom is -0.448 e. The standard InChI is InChI=1S/C34H42N8O4/c1-3-4-5-6-7-10-21-46-34(45)40-32(36)24-12-15-26(16-13-24)38-23-31-39-27-22-25(14-17-28(27)41(31)2)33(44)42(20-18-29(35)43)30-11-8-9-19-37-30/h8-9,11-17,19,22,38H,3-7,10,18,20-21,23H2,1-2H3,(H2,35,43)(H2,36,40,45). The number of benzene rings is 2. The van der Waals surface area contributed by atoms with Gasteiger partial charge < -0.3 is 26.1 Å². The van der Waals surface area contributed by atoms with Gasteiger partial charge in [-0.05, 0) is 61.0 Å². The molecule has 0 fully saturated rings. The van der Waals surface area contributed by atoms with E-state index in [9.17, 15) is 14.4 Å². The maximum atomic E-state index is 13.5. The number of aliphatic imine (C=N–C) groups is 1. The summed E-state index contributed by atoms with van der Waals surface area (Å²) in [5, 5.41) is 3.34. The van der Waals surface area contributed by atoms with Gasteiger partial charge in [-0.15, -0.1) is 0 Å². The molecule has 0 atom stereocenters. The number of carbonyl (C=O) groups is 3. The van der Waals surface area contributed by atoms with Gasteiger partial charge in [-0.25, -0.2) is 14.8 Å². The molecule has 0 saturated heterocycles. The lowest BCUT2D eigenvalue weighted by Crippen LogP contribution is -2.34. The van der Waals surface area contributed by atoms with Crippen LogP contribution < -0.4 is 21.7 Å². The smallest absolute Gasteiger partial charge is 0.435 e. The van der Waals surface area contributed by atoms with Crippen molar-refractivity contribution in [1.29, 1.82) is 0 Å². The number of nitrogens with zero attached hydrogens (tertiary/aromatic N) is 5. The Bertz CT molecular complexity index is 1650. The molecule has 2 aromatic heterocycles. The molecule has 0 spiro atoms. The van der Waals surface area contributed by atoms with E-state index in [1.165, 1.54) is 24.2 Å². The molecule has 242 valence electrons. The predicted molar refractivity (Wildman–Crippen MR) is 180 cm³/mol. The quantitative estimate of drug-likeness (QED) is 0.0854. The van der Waals surface area contributed by atoms with Crippen molar-refractivity contribution in [3.8, 4) is 0 Å². The fourth-order valence-electron chi connectivity index (χ4n) is 4.93. The SMILES string of the molecule is CCCCCCCCOC(=O)/N=C(/N)c1ccc(NCc2nc3cc(C(=O)N(CCC(N)=O)c4ccccn4)ccc3n2C)cc1. The number of imidazole rings is 1. The van der Waals surface area contributed by atoms with Crippen LogP contribution in [0, 0.1) is 0 Å². The largest absolute Gasteiger partial charge is 0.448 e. The third-order valence-electron chi connectivity index (χ3n) is 7.54. The number of nitrogens with two attached hydrogens (primary N) is 2. The summed E-state index contributed by atoms with van der Waals surface area (Å²) in [4.78, 5) is 51.3. The number of anilines is 2. The fraction of sp³-hybridized carbons (Fsp3) is 0.353. The molecule has 0 aliphatic heterocycles. The van der Waals surface area contributed by atoms with E-state index in [0.29, 0.717) is 35.6 Å². The number of unbranched alkanes of at least 4 members (excludes halogenated alkanes) is 5. The van der Waals surface area contributed by atoms with E-state index in [-0.39, 0.29) is 24.7 Å². The Morgan fingerprint density at radius 3 is 2.41 bits per heavy atom. The second kappa shape index (κ2) is 16.7. The monoisotopic (exact) mass is 626 g/mol. The van der Waals surface area contributed by atoms with Crippen LogP contribution in [0.25, 0.3) is 11.0 Å². The van der Waals surface area contributed by atoms with Gasteiger partial charge in [-0.3, -0.25) is 14.5 Å². The zero-order valence-corrected chi connectivity index (χ0v) is 26.4. The highest BCUT2D eigenvalue weighted by molar-refractivity contribution is 6.07. The lowest BCUT2D eigenvalue weighted by atomic mass is 10.1. The van der Waals surface area contributed by atoms with Crippen molar-refractivity contribution in [3.05, 3.63) is 83.8 Å². The average molecular weight is 627 g/mol. The molecule has 0 unspecified atom stereocenters. The summed E-state index contributed by atoms with van der Waals surface area (Å²) < 4.78 is 7.15. The zero-order valence-electron chi connectivity index (χ0n) is 26.4. The van der Waals surface area contributed by atoms with Crippen molar-refractivity contribution in [2.45, 2.75) is 58.4 Å². The van der Waals surface area contributed by atoms with Crippen LogP contribution in [0.3, 0.4) is 0 Å². The normalized spacial score (nSPS) is 11.4. The maximum absolute atomic E-state index is 13.5. The van der Waals surface area contributed by atoms with Crippen LogP contribution in [0.15, 0.2) is 71.9 Å². The summed E-state index contributed by atoms with van der Waals surface area (Å²) in [5.74, 6) is 0.476. The van der Waals surface area contributed by atoms with Gasteiger partial charge in [0.1, 0.15) is 17.5 Å². The molecule has 0 aliphatic rings. The molecule has 12 heteroatoms. The van der Waals surface area contributed by atoms with Gasteiger partial charge >= 0.3 is 6.09 Å². The lowest BCUT2D eigenvalue weighted by Gasteiger charge is -2.21. The molecular formula is C34H42N8O4. The second-order valence-electron chi connectivity index (χ2n) is 11.0. The summed E-state index contributed by atoms with van der Waals surface area (Å²) in [7, 11) is 1.91. The van der Waals surface area contributed by atoms with Crippen LogP contribution in [0.5, 0.6) is 0 Å². The van der Waals surface area contributed by atoms with Gasteiger partial charge in [0.2, 0.25) is 5.91 Å². The number of ether oxygens (including phenoxy) is 1. The Hall–Kier alpha value is -5.26.